The predicted molar refractivity (Wildman–Crippen MR) is 76.4 cm³/mol. The van der Waals surface area contributed by atoms with Crippen molar-refractivity contribution < 1.29 is 0 Å². The van der Waals surface area contributed by atoms with Crippen molar-refractivity contribution in [3.8, 4) is 6.07 Å². The van der Waals surface area contributed by atoms with Crippen LogP contribution in [0.15, 0.2) is 0 Å². The second kappa shape index (κ2) is 7.11. The van der Waals surface area contributed by atoms with Gasteiger partial charge in [-0.1, -0.05) is 13.8 Å². The van der Waals surface area contributed by atoms with E-state index < -0.39 is 0 Å². The van der Waals surface area contributed by atoms with Crippen LogP contribution in [0.25, 0.3) is 0 Å². The van der Waals surface area contributed by atoms with Gasteiger partial charge >= 0.3 is 0 Å². The summed E-state index contributed by atoms with van der Waals surface area (Å²) in [6, 6.07) is 2.97. The zero-order valence-corrected chi connectivity index (χ0v) is 12.5. The van der Waals surface area contributed by atoms with E-state index in [0.717, 1.165) is 32.5 Å². The van der Waals surface area contributed by atoms with Crippen molar-refractivity contribution in [1.82, 2.24) is 10.2 Å². The lowest BCUT2D eigenvalue weighted by atomic mass is 9.92. The van der Waals surface area contributed by atoms with Gasteiger partial charge in [-0.3, -0.25) is 5.32 Å². The first-order chi connectivity index (χ1) is 8.57. The number of nitriles is 1. The van der Waals surface area contributed by atoms with Gasteiger partial charge in [-0.05, 0) is 58.5 Å². The average Bonchev–Trinajstić information content (AvgIpc) is 3.12. The van der Waals surface area contributed by atoms with Crippen LogP contribution in [0.3, 0.4) is 0 Å². The summed E-state index contributed by atoms with van der Waals surface area (Å²) in [5.41, 5.74) is -0.321. The standard InChI is InChI=1S/C15H29N3/c1-5-9-18(10-6-2)12-15(11-16,14-7-8-14)17-13(3)4/h13-14,17H,5-10,12H2,1-4H3. The van der Waals surface area contributed by atoms with E-state index in [-0.39, 0.29) is 5.54 Å². The van der Waals surface area contributed by atoms with Gasteiger partial charge in [0.05, 0.1) is 6.07 Å². The van der Waals surface area contributed by atoms with Crippen LogP contribution in [0.1, 0.15) is 53.4 Å². The molecule has 0 heterocycles. The monoisotopic (exact) mass is 251 g/mol. The Hall–Kier alpha value is -0.590. The van der Waals surface area contributed by atoms with Crippen LogP contribution >= 0.6 is 0 Å². The number of nitrogens with zero attached hydrogens (tertiary/aromatic N) is 2. The number of hydrogen-bond acceptors (Lipinski definition) is 3. The maximum Gasteiger partial charge on any atom is 0.122 e. The van der Waals surface area contributed by atoms with Gasteiger partial charge in [-0.15, -0.1) is 0 Å². The zero-order valence-electron chi connectivity index (χ0n) is 12.5. The van der Waals surface area contributed by atoms with Crippen LogP contribution in [0.2, 0.25) is 0 Å². The highest BCUT2D eigenvalue weighted by Gasteiger charge is 2.46. The topological polar surface area (TPSA) is 39.1 Å². The Kier molecular flexibility index (Phi) is 6.11. The Balaban J connectivity index is 2.72. The van der Waals surface area contributed by atoms with E-state index in [1.165, 1.54) is 12.8 Å². The molecule has 1 atom stereocenters. The molecule has 0 spiro atoms. The average molecular weight is 251 g/mol. The highest BCUT2D eigenvalue weighted by atomic mass is 15.2. The van der Waals surface area contributed by atoms with Gasteiger partial charge in [0.15, 0.2) is 0 Å². The van der Waals surface area contributed by atoms with Gasteiger partial charge in [0, 0.05) is 12.6 Å². The van der Waals surface area contributed by atoms with Crippen LogP contribution in [-0.4, -0.2) is 36.1 Å². The van der Waals surface area contributed by atoms with E-state index in [1.807, 2.05) is 0 Å². The van der Waals surface area contributed by atoms with Gasteiger partial charge in [0.1, 0.15) is 5.54 Å². The second-order valence-electron chi connectivity index (χ2n) is 5.93. The molecule has 1 aliphatic rings. The molecular formula is C15H29N3. The fraction of sp³-hybridized carbons (Fsp3) is 0.933. The molecule has 0 saturated heterocycles. The summed E-state index contributed by atoms with van der Waals surface area (Å²) in [6.07, 6.45) is 4.74. The number of rotatable bonds is 9. The molecule has 0 amide bonds. The van der Waals surface area contributed by atoms with Crippen molar-refractivity contribution >= 4 is 0 Å². The maximum atomic E-state index is 9.68. The van der Waals surface area contributed by atoms with Gasteiger partial charge in [-0.25, -0.2) is 0 Å². The summed E-state index contributed by atoms with van der Waals surface area (Å²) in [4.78, 5) is 2.46. The smallest absolute Gasteiger partial charge is 0.122 e. The lowest BCUT2D eigenvalue weighted by Crippen LogP contribution is -2.56. The highest BCUT2D eigenvalue weighted by Crippen LogP contribution is 2.40. The summed E-state index contributed by atoms with van der Waals surface area (Å²) in [5.74, 6) is 0.557. The lowest BCUT2D eigenvalue weighted by Gasteiger charge is -2.35. The lowest BCUT2D eigenvalue weighted by molar-refractivity contribution is 0.188. The summed E-state index contributed by atoms with van der Waals surface area (Å²) < 4.78 is 0. The van der Waals surface area contributed by atoms with Gasteiger partial charge in [0.2, 0.25) is 0 Å². The molecule has 0 aliphatic heterocycles. The maximum absolute atomic E-state index is 9.68. The molecule has 18 heavy (non-hydrogen) atoms. The van der Waals surface area contributed by atoms with E-state index in [1.54, 1.807) is 0 Å². The quantitative estimate of drug-likeness (QED) is 0.685. The molecule has 1 unspecified atom stereocenters. The molecular weight excluding hydrogens is 222 g/mol. The largest absolute Gasteiger partial charge is 0.300 e. The molecule has 0 radical (unpaired) electrons. The molecule has 1 fully saturated rings. The van der Waals surface area contributed by atoms with Crippen molar-refractivity contribution in [2.24, 2.45) is 5.92 Å². The van der Waals surface area contributed by atoms with E-state index in [4.69, 9.17) is 0 Å². The third kappa shape index (κ3) is 4.26. The van der Waals surface area contributed by atoms with Crippen molar-refractivity contribution in [3.05, 3.63) is 0 Å². The van der Waals surface area contributed by atoms with Crippen LogP contribution in [0.5, 0.6) is 0 Å². The molecule has 0 aromatic carbocycles. The summed E-state index contributed by atoms with van der Waals surface area (Å²) in [7, 11) is 0. The molecule has 1 aliphatic carbocycles. The molecule has 0 aromatic rings. The molecule has 0 aromatic heterocycles. The fourth-order valence-electron chi connectivity index (χ4n) is 2.80. The third-order valence-electron chi connectivity index (χ3n) is 3.57. The normalized spacial score (nSPS) is 18.9. The summed E-state index contributed by atoms with van der Waals surface area (Å²) in [6.45, 7) is 11.8. The SMILES string of the molecule is CCCN(CCC)CC(C#N)(NC(C)C)C1CC1. The Morgan fingerprint density at radius 2 is 1.83 bits per heavy atom. The predicted octanol–water partition coefficient (Wildman–Crippen LogP) is 2.78. The first kappa shape index (κ1) is 15.5. The minimum Gasteiger partial charge on any atom is -0.300 e. The first-order valence-corrected chi connectivity index (χ1v) is 7.49. The Morgan fingerprint density at radius 3 is 2.17 bits per heavy atom. The van der Waals surface area contributed by atoms with Crippen molar-refractivity contribution in [3.63, 3.8) is 0 Å². The van der Waals surface area contributed by atoms with Crippen LogP contribution in [-0.2, 0) is 0 Å². The van der Waals surface area contributed by atoms with E-state index in [9.17, 15) is 5.26 Å². The molecule has 0 bridgehead atoms. The zero-order chi connectivity index (χ0) is 13.6. The van der Waals surface area contributed by atoms with E-state index in [0.29, 0.717) is 12.0 Å². The van der Waals surface area contributed by atoms with E-state index >= 15 is 0 Å². The van der Waals surface area contributed by atoms with Crippen LogP contribution < -0.4 is 5.32 Å². The molecule has 3 nitrogen and oxygen atoms in total. The molecule has 1 rings (SSSR count). The minimum absolute atomic E-state index is 0.321. The van der Waals surface area contributed by atoms with Gasteiger partial charge in [0.25, 0.3) is 0 Å². The minimum atomic E-state index is -0.321. The summed E-state index contributed by atoms with van der Waals surface area (Å²) >= 11 is 0. The molecule has 3 heteroatoms. The van der Waals surface area contributed by atoms with Crippen LogP contribution in [0, 0.1) is 17.2 Å². The Labute approximate surface area is 113 Å². The summed E-state index contributed by atoms with van der Waals surface area (Å²) in [5, 5.41) is 13.2. The second-order valence-corrected chi connectivity index (χ2v) is 5.93. The fourth-order valence-corrected chi connectivity index (χ4v) is 2.80. The third-order valence-corrected chi connectivity index (χ3v) is 3.57. The molecule has 1 N–H and O–H groups in total. The van der Waals surface area contributed by atoms with Crippen molar-refractivity contribution in [1.29, 1.82) is 5.26 Å². The highest BCUT2D eigenvalue weighted by molar-refractivity contribution is 5.17. The van der Waals surface area contributed by atoms with E-state index in [2.05, 4.69) is 44.0 Å². The van der Waals surface area contributed by atoms with Crippen LogP contribution in [0.4, 0.5) is 0 Å². The Morgan fingerprint density at radius 1 is 1.28 bits per heavy atom. The molecule has 104 valence electrons. The molecule has 1 saturated carbocycles. The van der Waals surface area contributed by atoms with Gasteiger partial charge < -0.3 is 4.90 Å². The van der Waals surface area contributed by atoms with Crippen molar-refractivity contribution in [2.45, 2.75) is 65.0 Å². The number of nitrogens with one attached hydrogen (secondary N) is 1. The van der Waals surface area contributed by atoms with Crippen molar-refractivity contribution in [2.75, 3.05) is 19.6 Å². The number of hydrogen-bond donors (Lipinski definition) is 1. The Bertz CT molecular complexity index is 272. The van der Waals surface area contributed by atoms with Gasteiger partial charge in [-0.2, -0.15) is 5.26 Å². The first-order valence-electron chi connectivity index (χ1n) is 7.49.